The molecule has 0 aliphatic carbocycles. The topological polar surface area (TPSA) is 78.9 Å². The molecular weight excluding hydrogens is 997 g/mol. The first-order chi connectivity index (χ1) is 40.0. The van der Waals surface area contributed by atoms with Crippen LogP contribution in [0.25, 0.3) is 0 Å². The Balaban J connectivity index is 4.28. The summed E-state index contributed by atoms with van der Waals surface area (Å²) in [4.78, 5) is 38.4. The summed E-state index contributed by atoms with van der Waals surface area (Å²) in [6, 6.07) is 0. The number of esters is 3. The minimum atomic E-state index is -0.784. The van der Waals surface area contributed by atoms with Crippen LogP contribution in [0.1, 0.15) is 355 Å². The van der Waals surface area contributed by atoms with E-state index >= 15 is 0 Å². The second-order valence-electron chi connectivity index (χ2n) is 23.4. The van der Waals surface area contributed by atoms with Crippen LogP contribution in [-0.4, -0.2) is 37.2 Å². The molecule has 0 bridgehead atoms. The molecule has 81 heavy (non-hydrogen) atoms. The number of carbonyl (C=O) groups is 3. The molecule has 0 spiro atoms. The van der Waals surface area contributed by atoms with E-state index in [1.54, 1.807) is 0 Å². The third-order valence-electron chi connectivity index (χ3n) is 15.4. The minimum Gasteiger partial charge on any atom is -0.462 e. The molecule has 0 aromatic rings. The van der Waals surface area contributed by atoms with Gasteiger partial charge < -0.3 is 14.2 Å². The summed E-state index contributed by atoms with van der Waals surface area (Å²) in [7, 11) is 0. The summed E-state index contributed by atoms with van der Waals surface area (Å²) in [5.41, 5.74) is 0. The Bertz CT molecular complexity index is 1530. The van der Waals surface area contributed by atoms with E-state index in [2.05, 4.69) is 106 Å². The van der Waals surface area contributed by atoms with Crippen LogP contribution in [0.2, 0.25) is 0 Å². The molecule has 6 heteroatoms. The molecule has 468 valence electrons. The first kappa shape index (κ1) is 77.6. The van der Waals surface area contributed by atoms with Gasteiger partial charge in [-0.05, 0) is 96.3 Å². The Kier molecular flexibility index (Phi) is 66.2. The number of carbonyl (C=O) groups excluding carboxylic acids is 3. The Morgan fingerprint density at radius 1 is 0.259 bits per heavy atom. The number of allylic oxidation sites excluding steroid dienone is 14. The molecule has 0 heterocycles. The van der Waals surface area contributed by atoms with Crippen molar-refractivity contribution in [3.63, 3.8) is 0 Å². The smallest absolute Gasteiger partial charge is 0.306 e. The number of hydrogen-bond acceptors (Lipinski definition) is 6. The molecule has 0 aromatic carbocycles. The summed E-state index contributed by atoms with van der Waals surface area (Å²) < 4.78 is 17.0. The van der Waals surface area contributed by atoms with E-state index < -0.39 is 6.10 Å². The number of ether oxygens (including phenoxy) is 3. The Hall–Kier alpha value is -3.41. The van der Waals surface area contributed by atoms with Gasteiger partial charge in [0.2, 0.25) is 0 Å². The first-order valence-electron chi connectivity index (χ1n) is 35.1. The summed E-state index contributed by atoms with van der Waals surface area (Å²) in [6.45, 7) is 6.55. The highest BCUT2D eigenvalue weighted by molar-refractivity contribution is 5.71. The molecule has 0 radical (unpaired) electrons. The lowest BCUT2D eigenvalue weighted by molar-refractivity contribution is -0.167. The van der Waals surface area contributed by atoms with Gasteiger partial charge in [-0.15, -0.1) is 0 Å². The van der Waals surface area contributed by atoms with Gasteiger partial charge >= 0.3 is 17.9 Å². The quantitative estimate of drug-likeness (QED) is 0.0261. The molecule has 0 aliphatic heterocycles. The maximum Gasteiger partial charge on any atom is 0.306 e. The fourth-order valence-electron chi connectivity index (χ4n) is 10.2. The van der Waals surface area contributed by atoms with Crippen LogP contribution in [0.4, 0.5) is 0 Å². The Labute approximate surface area is 503 Å². The monoisotopic (exact) mass is 1130 g/mol. The van der Waals surface area contributed by atoms with Crippen molar-refractivity contribution in [2.24, 2.45) is 0 Å². The molecule has 0 saturated heterocycles. The maximum atomic E-state index is 12.9. The lowest BCUT2D eigenvalue weighted by Crippen LogP contribution is -2.30. The highest BCUT2D eigenvalue weighted by Gasteiger charge is 2.19. The summed E-state index contributed by atoms with van der Waals surface area (Å²) in [5, 5.41) is 0. The third kappa shape index (κ3) is 67.3. The zero-order valence-corrected chi connectivity index (χ0v) is 53.8. The molecule has 0 N–H and O–H groups in total. The minimum absolute atomic E-state index is 0.0787. The van der Waals surface area contributed by atoms with Crippen LogP contribution in [0.15, 0.2) is 85.1 Å². The highest BCUT2D eigenvalue weighted by atomic mass is 16.6. The summed E-state index contributed by atoms with van der Waals surface area (Å²) in [6.07, 6.45) is 91.7. The zero-order chi connectivity index (χ0) is 58.5. The molecule has 0 fully saturated rings. The maximum absolute atomic E-state index is 12.9. The van der Waals surface area contributed by atoms with Crippen molar-refractivity contribution in [2.45, 2.75) is 361 Å². The van der Waals surface area contributed by atoms with Gasteiger partial charge in [0.25, 0.3) is 0 Å². The van der Waals surface area contributed by atoms with Crippen molar-refractivity contribution in [1.29, 1.82) is 0 Å². The third-order valence-corrected chi connectivity index (χ3v) is 15.4. The van der Waals surface area contributed by atoms with Crippen LogP contribution in [0.5, 0.6) is 0 Å². The van der Waals surface area contributed by atoms with E-state index in [9.17, 15) is 14.4 Å². The van der Waals surface area contributed by atoms with Crippen molar-refractivity contribution >= 4 is 17.9 Å². The van der Waals surface area contributed by atoms with Crippen molar-refractivity contribution in [3.05, 3.63) is 85.1 Å². The predicted molar refractivity (Wildman–Crippen MR) is 353 cm³/mol. The largest absolute Gasteiger partial charge is 0.462 e. The summed E-state index contributed by atoms with van der Waals surface area (Å²) >= 11 is 0. The van der Waals surface area contributed by atoms with Gasteiger partial charge in [-0.3, -0.25) is 14.4 Å². The molecule has 1 unspecified atom stereocenters. The van der Waals surface area contributed by atoms with Gasteiger partial charge in [0.05, 0.1) is 0 Å². The number of rotatable bonds is 64. The van der Waals surface area contributed by atoms with E-state index in [1.807, 2.05) is 0 Å². The first-order valence-corrected chi connectivity index (χ1v) is 35.1. The van der Waals surface area contributed by atoms with Crippen molar-refractivity contribution < 1.29 is 28.6 Å². The van der Waals surface area contributed by atoms with Crippen LogP contribution < -0.4 is 0 Å². The predicted octanol–water partition coefficient (Wildman–Crippen LogP) is 24.2. The fraction of sp³-hybridized carbons (Fsp3) is 0.773. The number of hydrogen-bond donors (Lipinski definition) is 0. The van der Waals surface area contributed by atoms with E-state index in [0.29, 0.717) is 19.3 Å². The normalized spacial score (nSPS) is 12.6. The van der Waals surface area contributed by atoms with Gasteiger partial charge in [-0.2, -0.15) is 0 Å². The zero-order valence-electron chi connectivity index (χ0n) is 53.8. The van der Waals surface area contributed by atoms with Gasteiger partial charge in [0, 0.05) is 19.3 Å². The molecule has 0 amide bonds. The second kappa shape index (κ2) is 69.1. The van der Waals surface area contributed by atoms with Crippen LogP contribution >= 0.6 is 0 Å². The van der Waals surface area contributed by atoms with Gasteiger partial charge in [-0.25, -0.2) is 0 Å². The van der Waals surface area contributed by atoms with Crippen LogP contribution in [0, 0.1) is 0 Å². The molecule has 0 rings (SSSR count). The fourth-order valence-corrected chi connectivity index (χ4v) is 10.2. The van der Waals surface area contributed by atoms with Gasteiger partial charge in [-0.1, -0.05) is 324 Å². The standard InChI is InChI=1S/C75H132O6/c1-4-7-10-13-16-19-22-25-28-30-32-33-34-35-36-37-38-39-40-41-43-44-47-50-53-56-59-62-65-68-74(77)80-71-72(70-79-73(76)67-64-61-58-55-52-49-46-27-24-21-18-15-12-9-6-3)81-75(78)69-66-63-60-57-54-51-48-45-42-31-29-26-23-20-17-14-11-8-5-2/h8,11,17,20,22,25-26,29-30,32,34-35,42,45,72H,4-7,9-10,12-16,18-19,21,23-24,27-28,31,33,36-41,43-44,46-71H2,1-3H3/b11-8-,20-17-,25-22-,29-26-,32-30-,35-34-,45-42-. The van der Waals surface area contributed by atoms with Crippen LogP contribution in [-0.2, 0) is 28.6 Å². The van der Waals surface area contributed by atoms with E-state index in [4.69, 9.17) is 14.2 Å². The molecule has 1 atom stereocenters. The Morgan fingerprint density at radius 3 is 0.753 bits per heavy atom. The van der Waals surface area contributed by atoms with Crippen LogP contribution in [0.3, 0.4) is 0 Å². The molecule has 6 nitrogen and oxygen atoms in total. The molecular formula is C75H132O6. The lowest BCUT2D eigenvalue weighted by atomic mass is 10.0. The Morgan fingerprint density at radius 2 is 0.481 bits per heavy atom. The lowest BCUT2D eigenvalue weighted by Gasteiger charge is -2.18. The van der Waals surface area contributed by atoms with E-state index in [1.165, 1.54) is 205 Å². The van der Waals surface area contributed by atoms with Gasteiger partial charge in [0.1, 0.15) is 13.2 Å². The SMILES string of the molecule is CC/C=C\C/C=C\C/C=C\C/C=C\CCCCCCCCC(=O)OC(COC(=O)CCCCCCCCCCCCCCCCC)COC(=O)CCCCCCCCCCCCCCCC/C=C\C/C=C\C/C=C\CCCCCCC. The highest BCUT2D eigenvalue weighted by Crippen LogP contribution is 2.17. The summed E-state index contributed by atoms with van der Waals surface area (Å²) in [5.74, 6) is -0.874. The van der Waals surface area contributed by atoms with E-state index in [0.717, 1.165) is 109 Å². The number of unbranched alkanes of at least 4 members (excludes halogenated alkanes) is 39. The average molecular weight is 1130 g/mol. The molecule has 0 aromatic heterocycles. The van der Waals surface area contributed by atoms with Crippen molar-refractivity contribution in [3.8, 4) is 0 Å². The molecule has 0 aliphatic rings. The average Bonchev–Trinajstić information content (AvgIpc) is 3.47. The second-order valence-corrected chi connectivity index (χ2v) is 23.4. The van der Waals surface area contributed by atoms with Crippen molar-refractivity contribution in [1.82, 2.24) is 0 Å². The van der Waals surface area contributed by atoms with Gasteiger partial charge in [0.15, 0.2) is 6.10 Å². The molecule has 0 saturated carbocycles. The van der Waals surface area contributed by atoms with E-state index in [-0.39, 0.29) is 31.1 Å². The van der Waals surface area contributed by atoms with Crippen molar-refractivity contribution in [2.75, 3.05) is 13.2 Å².